The molecule has 0 unspecified atom stereocenters. The van der Waals surface area contributed by atoms with Gasteiger partial charge in [-0.15, -0.1) is 0 Å². The van der Waals surface area contributed by atoms with Crippen molar-refractivity contribution in [3.63, 3.8) is 0 Å². The van der Waals surface area contributed by atoms with Crippen molar-refractivity contribution in [3.05, 3.63) is 24.3 Å². The van der Waals surface area contributed by atoms with E-state index in [-0.39, 0.29) is 5.91 Å². The molecule has 2 aliphatic rings. The van der Waals surface area contributed by atoms with Crippen LogP contribution < -0.4 is 10.1 Å². The molecule has 1 aromatic carbocycles. The molecule has 2 aliphatic carbocycles. The molecule has 1 aromatic rings. The van der Waals surface area contributed by atoms with Crippen LogP contribution in [0.4, 0.5) is 5.69 Å². The SMILES string of the molecule is CCOc1ccc(NC(=O)[C@@]23CC[C@](C)(C(=O)C2=O)C3(C)C)cc1. The molecule has 0 radical (unpaired) electrons. The van der Waals surface area contributed by atoms with Crippen LogP contribution in [-0.2, 0) is 14.4 Å². The molecule has 24 heavy (non-hydrogen) atoms. The van der Waals surface area contributed by atoms with Crippen LogP contribution in [-0.4, -0.2) is 24.1 Å². The van der Waals surface area contributed by atoms with E-state index < -0.39 is 27.8 Å². The summed E-state index contributed by atoms with van der Waals surface area (Å²) in [6, 6.07) is 7.01. The molecule has 3 rings (SSSR count). The lowest BCUT2D eigenvalue weighted by Crippen LogP contribution is -2.47. The number of carbonyl (C=O) groups is 3. The fraction of sp³-hybridized carbons (Fsp3) is 0.526. The van der Waals surface area contributed by atoms with Gasteiger partial charge in [0.2, 0.25) is 17.5 Å². The second-order valence-corrected chi connectivity index (χ2v) is 7.43. The summed E-state index contributed by atoms with van der Waals surface area (Å²) in [6.07, 6.45) is 0.991. The van der Waals surface area contributed by atoms with Crippen molar-refractivity contribution in [1.82, 2.24) is 0 Å². The van der Waals surface area contributed by atoms with Crippen molar-refractivity contribution in [3.8, 4) is 5.75 Å². The predicted molar refractivity (Wildman–Crippen MR) is 89.8 cm³/mol. The molecule has 5 nitrogen and oxygen atoms in total. The molecule has 1 amide bonds. The number of hydrogen-bond donors (Lipinski definition) is 1. The Bertz CT molecular complexity index is 721. The number of benzene rings is 1. The number of Topliss-reactive ketones (excluding diaryl/α,β-unsaturated/α-hetero) is 2. The Hall–Kier alpha value is -2.17. The number of carbonyl (C=O) groups excluding carboxylic acids is 3. The minimum absolute atomic E-state index is 0.378. The summed E-state index contributed by atoms with van der Waals surface area (Å²) in [5, 5.41) is 2.83. The first-order valence-electron chi connectivity index (χ1n) is 8.34. The van der Waals surface area contributed by atoms with Gasteiger partial charge in [0.1, 0.15) is 11.2 Å². The molecule has 5 heteroatoms. The third-order valence-electron chi connectivity index (χ3n) is 6.35. The zero-order valence-corrected chi connectivity index (χ0v) is 14.6. The van der Waals surface area contributed by atoms with Gasteiger partial charge in [-0.05, 0) is 49.4 Å². The summed E-state index contributed by atoms with van der Waals surface area (Å²) >= 11 is 0. The van der Waals surface area contributed by atoms with Crippen molar-refractivity contribution in [2.24, 2.45) is 16.2 Å². The quantitative estimate of drug-likeness (QED) is 0.681. The van der Waals surface area contributed by atoms with E-state index in [2.05, 4.69) is 5.32 Å². The van der Waals surface area contributed by atoms with Crippen molar-refractivity contribution < 1.29 is 19.1 Å². The maximum Gasteiger partial charge on any atom is 0.239 e. The van der Waals surface area contributed by atoms with Crippen molar-refractivity contribution in [1.29, 1.82) is 0 Å². The van der Waals surface area contributed by atoms with E-state index in [1.807, 2.05) is 27.7 Å². The smallest absolute Gasteiger partial charge is 0.239 e. The Kier molecular flexibility index (Phi) is 3.59. The summed E-state index contributed by atoms with van der Waals surface area (Å²) in [4.78, 5) is 38.1. The molecule has 0 aromatic heterocycles. The highest BCUT2D eigenvalue weighted by Gasteiger charge is 2.77. The van der Waals surface area contributed by atoms with Crippen LogP contribution in [0.5, 0.6) is 5.75 Å². The van der Waals surface area contributed by atoms with E-state index >= 15 is 0 Å². The van der Waals surface area contributed by atoms with Crippen LogP contribution in [0, 0.1) is 16.2 Å². The van der Waals surface area contributed by atoms with Crippen LogP contribution in [0.3, 0.4) is 0 Å². The summed E-state index contributed by atoms with van der Waals surface area (Å²) in [5.74, 6) is -0.601. The first-order valence-corrected chi connectivity index (χ1v) is 8.34. The van der Waals surface area contributed by atoms with E-state index in [4.69, 9.17) is 4.74 Å². The molecule has 1 N–H and O–H groups in total. The largest absolute Gasteiger partial charge is 0.494 e. The molecule has 2 atom stereocenters. The second-order valence-electron chi connectivity index (χ2n) is 7.43. The number of fused-ring (bicyclic) bond motifs is 2. The third kappa shape index (κ3) is 1.84. The minimum atomic E-state index is -1.27. The number of anilines is 1. The highest BCUT2D eigenvalue weighted by molar-refractivity contribution is 6.49. The normalized spacial score (nSPS) is 30.5. The van der Waals surface area contributed by atoms with Gasteiger partial charge in [-0.2, -0.15) is 0 Å². The van der Waals surface area contributed by atoms with Gasteiger partial charge in [0.15, 0.2) is 0 Å². The number of hydrogen-bond acceptors (Lipinski definition) is 4. The molecule has 2 saturated carbocycles. The zero-order valence-electron chi connectivity index (χ0n) is 14.6. The Balaban J connectivity index is 1.89. The molecular formula is C19H23NO4. The van der Waals surface area contributed by atoms with E-state index in [1.54, 1.807) is 24.3 Å². The van der Waals surface area contributed by atoms with Gasteiger partial charge in [-0.25, -0.2) is 0 Å². The van der Waals surface area contributed by atoms with Gasteiger partial charge in [-0.3, -0.25) is 14.4 Å². The number of rotatable bonds is 4. The molecule has 0 aliphatic heterocycles. The van der Waals surface area contributed by atoms with E-state index in [0.717, 1.165) is 5.75 Å². The van der Waals surface area contributed by atoms with Crippen molar-refractivity contribution in [2.75, 3.05) is 11.9 Å². The number of amides is 1. The summed E-state index contributed by atoms with van der Waals surface area (Å²) < 4.78 is 5.38. The van der Waals surface area contributed by atoms with Gasteiger partial charge < -0.3 is 10.1 Å². The zero-order chi connectivity index (χ0) is 17.8. The number of nitrogens with one attached hydrogen (secondary N) is 1. The lowest BCUT2D eigenvalue weighted by atomic mass is 9.64. The minimum Gasteiger partial charge on any atom is -0.494 e. The van der Waals surface area contributed by atoms with Gasteiger partial charge in [0.05, 0.1) is 6.61 Å². The van der Waals surface area contributed by atoms with Crippen LogP contribution in [0.2, 0.25) is 0 Å². The molecule has 2 bridgehead atoms. The Morgan fingerprint density at radius 1 is 1.08 bits per heavy atom. The molecular weight excluding hydrogens is 306 g/mol. The van der Waals surface area contributed by atoms with E-state index in [9.17, 15) is 14.4 Å². The highest BCUT2D eigenvalue weighted by Crippen LogP contribution is 2.69. The molecule has 0 spiro atoms. The van der Waals surface area contributed by atoms with Gasteiger partial charge in [0.25, 0.3) is 0 Å². The Morgan fingerprint density at radius 3 is 2.21 bits per heavy atom. The second kappa shape index (κ2) is 5.16. The van der Waals surface area contributed by atoms with E-state index in [0.29, 0.717) is 25.1 Å². The first-order chi connectivity index (χ1) is 11.2. The summed E-state index contributed by atoms with van der Waals surface area (Å²) in [7, 11) is 0. The first kappa shape index (κ1) is 16.7. The van der Waals surface area contributed by atoms with Gasteiger partial charge >= 0.3 is 0 Å². The van der Waals surface area contributed by atoms with Crippen molar-refractivity contribution in [2.45, 2.75) is 40.5 Å². The van der Waals surface area contributed by atoms with Crippen LogP contribution in [0.1, 0.15) is 40.5 Å². The highest BCUT2D eigenvalue weighted by atomic mass is 16.5. The molecule has 0 heterocycles. The average molecular weight is 329 g/mol. The van der Waals surface area contributed by atoms with Crippen LogP contribution >= 0.6 is 0 Å². The third-order valence-corrected chi connectivity index (χ3v) is 6.35. The summed E-state index contributed by atoms with van der Waals surface area (Å²) in [6.45, 7) is 8.00. The van der Waals surface area contributed by atoms with E-state index in [1.165, 1.54) is 0 Å². The van der Waals surface area contributed by atoms with Gasteiger partial charge in [-0.1, -0.05) is 20.8 Å². The number of ether oxygens (including phenoxy) is 1. The molecule has 2 fully saturated rings. The standard InChI is InChI=1S/C19H23NO4/c1-5-24-13-8-6-12(7-9-13)20-16(23)19-11-10-18(4,17(19,2)3)14(21)15(19)22/h6-9H,5,10-11H2,1-4H3,(H,20,23)/t18-,19-/m1/s1. The average Bonchev–Trinajstić information content (AvgIpc) is 2.81. The Labute approximate surface area is 141 Å². The monoisotopic (exact) mass is 329 g/mol. The summed E-state index contributed by atoms with van der Waals surface area (Å²) in [5.41, 5.74) is -2.12. The topological polar surface area (TPSA) is 72.5 Å². The van der Waals surface area contributed by atoms with Gasteiger partial charge in [0, 0.05) is 11.1 Å². The fourth-order valence-corrected chi connectivity index (χ4v) is 4.31. The predicted octanol–water partition coefficient (Wildman–Crippen LogP) is 2.99. The fourth-order valence-electron chi connectivity index (χ4n) is 4.31. The lowest BCUT2D eigenvalue weighted by Gasteiger charge is -2.37. The molecule has 0 saturated heterocycles. The maximum absolute atomic E-state index is 13.0. The van der Waals surface area contributed by atoms with Crippen LogP contribution in [0.25, 0.3) is 0 Å². The lowest BCUT2D eigenvalue weighted by molar-refractivity contribution is -0.147. The van der Waals surface area contributed by atoms with Crippen LogP contribution in [0.15, 0.2) is 24.3 Å². The number of ketones is 2. The maximum atomic E-state index is 13.0. The Morgan fingerprint density at radius 2 is 1.71 bits per heavy atom. The van der Waals surface area contributed by atoms with Crippen molar-refractivity contribution >= 4 is 23.2 Å². The molecule has 128 valence electrons.